The second-order valence-electron chi connectivity index (χ2n) is 5.31. The van der Waals surface area contributed by atoms with Gasteiger partial charge in [0.15, 0.2) is 0 Å². The van der Waals surface area contributed by atoms with E-state index in [0.717, 1.165) is 30.6 Å². The number of carboxylic acid groups (broad SMARTS) is 1. The highest BCUT2D eigenvalue weighted by Gasteiger charge is 2.33. The summed E-state index contributed by atoms with van der Waals surface area (Å²) >= 11 is 0. The minimum atomic E-state index is -1.23. The second kappa shape index (κ2) is 5.63. The van der Waals surface area contributed by atoms with E-state index in [-0.39, 0.29) is 5.91 Å². The zero-order valence-electron chi connectivity index (χ0n) is 11.8. The van der Waals surface area contributed by atoms with Gasteiger partial charge in [-0.3, -0.25) is 4.79 Å². The Bertz CT molecular complexity index is 542. The number of hydrogen-bond donors (Lipinski definition) is 3. The normalized spacial score (nSPS) is 16.9. The van der Waals surface area contributed by atoms with E-state index in [1.807, 2.05) is 12.1 Å². The van der Waals surface area contributed by atoms with Gasteiger partial charge in [-0.25, -0.2) is 4.79 Å². The van der Waals surface area contributed by atoms with Crippen LogP contribution in [0.3, 0.4) is 0 Å². The highest BCUT2D eigenvalue weighted by molar-refractivity contribution is 5.99. The van der Waals surface area contributed by atoms with Crippen LogP contribution in [-0.4, -0.2) is 29.1 Å². The fourth-order valence-electron chi connectivity index (χ4n) is 2.36. The molecule has 0 spiro atoms. The number of carboxylic acids is 1. The van der Waals surface area contributed by atoms with Crippen LogP contribution in [0.1, 0.15) is 41.8 Å². The van der Waals surface area contributed by atoms with Gasteiger partial charge in [-0.05, 0) is 43.5 Å². The summed E-state index contributed by atoms with van der Waals surface area (Å²) < 4.78 is 0. The number of fused-ring (bicyclic) bond motifs is 1. The molecule has 108 valence electrons. The van der Waals surface area contributed by atoms with Crippen LogP contribution >= 0.6 is 0 Å². The molecule has 0 aromatic heterocycles. The molecular formula is C15H20N2O3. The standard InChI is InChI=1S/C15H20N2O3/c1-3-15(2,14(19)20)17-13(18)12-6-4-5-10-9-16-8-7-11(10)12/h4-6,16H,3,7-9H2,1-2H3,(H,17,18)(H,19,20). The zero-order valence-corrected chi connectivity index (χ0v) is 11.8. The first-order valence-electron chi connectivity index (χ1n) is 6.85. The molecule has 5 nitrogen and oxygen atoms in total. The molecule has 3 N–H and O–H groups in total. The van der Waals surface area contributed by atoms with Gasteiger partial charge in [0, 0.05) is 12.1 Å². The Morgan fingerprint density at radius 1 is 1.45 bits per heavy atom. The van der Waals surface area contributed by atoms with Crippen molar-refractivity contribution in [3.8, 4) is 0 Å². The summed E-state index contributed by atoms with van der Waals surface area (Å²) in [7, 11) is 0. The van der Waals surface area contributed by atoms with Crippen LogP contribution < -0.4 is 10.6 Å². The van der Waals surface area contributed by atoms with Gasteiger partial charge in [0.1, 0.15) is 5.54 Å². The predicted octanol–water partition coefficient (Wildman–Crippen LogP) is 1.32. The number of carbonyl (C=O) groups is 2. The average molecular weight is 276 g/mol. The number of aliphatic carboxylic acids is 1. The van der Waals surface area contributed by atoms with Gasteiger partial charge in [-0.1, -0.05) is 19.1 Å². The van der Waals surface area contributed by atoms with Crippen molar-refractivity contribution in [2.75, 3.05) is 6.54 Å². The maximum atomic E-state index is 12.4. The number of carbonyl (C=O) groups excluding carboxylic acids is 1. The van der Waals surface area contributed by atoms with Gasteiger partial charge in [-0.2, -0.15) is 0 Å². The number of benzene rings is 1. The first-order chi connectivity index (χ1) is 9.48. The number of nitrogens with one attached hydrogen (secondary N) is 2. The highest BCUT2D eigenvalue weighted by atomic mass is 16.4. The third-order valence-corrected chi connectivity index (χ3v) is 3.95. The van der Waals surface area contributed by atoms with Crippen molar-refractivity contribution in [3.05, 3.63) is 34.9 Å². The first kappa shape index (κ1) is 14.5. The van der Waals surface area contributed by atoms with Crippen molar-refractivity contribution >= 4 is 11.9 Å². The molecule has 20 heavy (non-hydrogen) atoms. The zero-order chi connectivity index (χ0) is 14.8. The van der Waals surface area contributed by atoms with Gasteiger partial charge < -0.3 is 15.7 Å². The van der Waals surface area contributed by atoms with Gasteiger partial charge in [0.05, 0.1) is 0 Å². The molecule has 1 amide bonds. The molecule has 0 radical (unpaired) electrons. The maximum Gasteiger partial charge on any atom is 0.329 e. The molecule has 0 aliphatic carbocycles. The van der Waals surface area contributed by atoms with Crippen molar-refractivity contribution in [3.63, 3.8) is 0 Å². The van der Waals surface area contributed by atoms with Gasteiger partial charge >= 0.3 is 5.97 Å². The van der Waals surface area contributed by atoms with Crippen molar-refractivity contribution < 1.29 is 14.7 Å². The van der Waals surface area contributed by atoms with E-state index in [2.05, 4.69) is 10.6 Å². The third-order valence-electron chi connectivity index (χ3n) is 3.95. The number of rotatable bonds is 4. The van der Waals surface area contributed by atoms with Crippen LogP contribution in [-0.2, 0) is 17.8 Å². The Morgan fingerprint density at radius 3 is 2.85 bits per heavy atom. The van der Waals surface area contributed by atoms with Crippen LogP contribution in [0.15, 0.2) is 18.2 Å². The summed E-state index contributed by atoms with van der Waals surface area (Å²) in [4.78, 5) is 23.7. The summed E-state index contributed by atoms with van der Waals surface area (Å²) in [5, 5.41) is 15.2. The van der Waals surface area contributed by atoms with Crippen molar-refractivity contribution in [2.24, 2.45) is 0 Å². The molecule has 1 heterocycles. The van der Waals surface area contributed by atoms with E-state index in [1.165, 1.54) is 6.92 Å². The molecular weight excluding hydrogens is 256 g/mol. The van der Waals surface area contributed by atoms with Gasteiger partial charge in [0.2, 0.25) is 0 Å². The van der Waals surface area contributed by atoms with Crippen LogP contribution in [0.5, 0.6) is 0 Å². The molecule has 0 saturated heterocycles. The molecule has 0 saturated carbocycles. The van der Waals surface area contributed by atoms with Crippen LogP contribution in [0.4, 0.5) is 0 Å². The fraction of sp³-hybridized carbons (Fsp3) is 0.467. The molecule has 1 aromatic rings. The average Bonchev–Trinajstić information content (AvgIpc) is 2.46. The van der Waals surface area contributed by atoms with Crippen molar-refractivity contribution in [2.45, 2.75) is 38.8 Å². The fourth-order valence-corrected chi connectivity index (χ4v) is 2.36. The SMILES string of the molecule is CCC(C)(NC(=O)c1cccc2c1CCNC2)C(=O)O. The molecule has 1 aliphatic rings. The summed E-state index contributed by atoms with van der Waals surface area (Å²) in [6, 6.07) is 5.59. The second-order valence-corrected chi connectivity index (χ2v) is 5.31. The molecule has 0 bridgehead atoms. The van der Waals surface area contributed by atoms with Crippen LogP contribution in [0.2, 0.25) is 0 Å². The first-order valence-corrected chi connectivity index (χ1v) is 6.85. The summed E-state index contributed by atoms with van der Waals surface area (Å²) in [5.74, 6) is -1.32. The molecule has 1 aromatic carbocycles. The Labute approximate surface area is 118 Å². The Balaban J connectivity index is 2.28. The molecule has 5 heteroatoms. The van der Waals surface area contributed by atoms with Crippen LogP contribution in [0.25, 0.3) is 0 Å². The summed E-state index contributed by atoms with van der Waals surface area (Å²) in [6.45, 7) is 4.87. The van der Waals surface area contributed by atoms with Gasteiger partial charge in [0.25, 0.3) is 5.91 Å². The predicted molar refractivity (Wildman–Crippen MR) is 75.7 cm³/mol. The Morgan fingerprint density at radius 2 is 2.20 bits per heavy atom. The van der Waals surface area contributed by atoms with E-state index in [9.17, 15) is 14.7 Å². The topological polar surface area (TPSA) is 78.4 Å². The monoisotopic (exact) mass is 276 g/mol. The van der Waals surface area contributed by atoms with E-state index in [4.69, 9.17) is 0 Å². The summed E-state index contributed by atoms with van der Waals surface area (Å²) in [5.41, 5.74) is 1.49. The molecule has 2 rings (SSSR count). The summed E-state index contributed by atoms with van der Waals surface area (Å²) in [6.07, 6.45) is 1.12. The number of hydrogen-bond acceptors (Lipinski definition) is 3. The molecule has 1 atom stereocenters. The van der Waals surface area contributed by atoms with E-state index >= 15 is 0 Å². The minimum Gasteiger partial charge on any atom is -0.480 e. The number of amides is 1. The lowest BCUT2D eigenvalue weighted by Gasteiger charge is -2.26. The van der Waals surface area contributed by atoms with Crippen molar-refractivity contribution in [1.82, 2.24) is 10.6 Å². The smallest absolute Gasteiger partial charge is 0.329 e. The molecule has 1 aliphatic heterocycles. The minimum absolute atomic E-state index is 0.310. The lowest BCUT2D eigenvalue weighted by Crippen LogP contribution is -2.52. The van der Waals surface area contributed by atoms with E-state index in [1.54, 1.807) is 13.0 Å². The van der Waals surface area contributed by atoms with Gasteiger partial charge in [-0.15, -0.1) is 0 Å². The van der Waals surface area contributed by atoms with E-state index < -0.39 is 11.5 Å². The lowest BCUT2D eigenvalue weighted by molar-refractivity contribution is -0.143. The third kappa shape index (κ3) is 2.67. The lowest BCUT2D eigenvalue weighted by atomic mass is 9.93. The van der Waals surface area contributed by atoms with Crippen molar-refractivity contribution in [1.29, 1.82) is 0 Å². The quantitative estimate of drug-likeness (QED) is 0.775. The Hall–Kier alpha value is -1.88. The molecule has 0 fully saturated rings. The molecule has 1 unspecified atom stereocenters. The Kier molecular flexibility index (Phi) is 4.09. The maximum absolute atomic E-state index is 12.4. The highest BCUT2D eigenvalue weighted by Crippen LogP contribution is 2.20. The largest absolute Gasteiger partial charge is 0.480 e. The van der Waals surface area contributed by atoms with Crippen LogP contribution in [0, 0.1) is 0 Å². The van der Waals surface area contributed by atoms with E-state index in [0.29, 0.717) is 12.0 Å².